The number of carboxylic acids is 1. The molecular weight excluding hydrogens is 422 g/mol. The number of carbonyl (C=O) groups is 3. The van der Waals surface area contributed by atoms with Crippen LogP contribution in [0, 0.1) is 0 Å². The normalized spacial score (nSPS) is 14.2. The van der Waals surface area contributed by atoms with E-state index >= 15 is 0 Å². The van der Waals surface area contributed by atoms with E-state index in [4.69, 9.17) is 9.84 Å². The maximum atomic E-state index is 12.7. The molecule has 1 aliphatic rings. The molecule has 0 fully saturated rings. The summed E-state index contributed by atoms with van der Waals surface area (Å²) in [6, 6.07) is 14.9. The third-order valence-electron chi connectivity index (χ3n) is 5.63. The molecule has 8 nitrogen and oxygen atoms in total. The van der Waals surface area contributed by atoms with Crippen molar-refractivity contribution in [1.29, 1.82) is 0 Å². The van der Waals surface area contributed by atoms with E-state index in [9.17, 15) is 14.4 Å². The van der Waals surface area contributed by atoms with E-state index in [2.05, 4.69) is 22.8 Å². The number of nitrogens with zero attached hydrogens (tertiary/aromatic N) is 1. The molecule has 2 amide bonds. The standard InChI is InChI=1S/C25H31N3O5/c1-16(14-28(2)3)26-24(31)22(12-13-23(29)30)27-25(32)33-15-21-19-10-6-4-8-17(19)18-9-5-7-11-20(18)21/h4-11,16,21-22H,12-15H2,1-3H3,(H,26,31)(H,27,32)(H,29,30). The van der Waals surface area contributed by atoms with E-state index in [-0.39, 0.29) is 31.4 Å². The van der Waals surface area contributed by atoms with E-state index in [0.29, 0.717) is 6.54 Å². The Hall–Kier alpha value is -3.39. The first-order valence-corrected chi connectivity index (χ1v) is 11.0. The van der Waals surface area contributed by atoms with Crippen molar-refractivity contribution in [2.24, 2.45) is 0 Å². The van der Waals surface area contributed by atoms with Gasteiger partial charge in [0.25, 0.3) is 0 Å². The largest absolute Gasteiger partial charge is 0.481 e. The van der Waals surface area contributed by atoms with Gasteiger partial charge in [0.15, 0.2) is 0 Å². The minimum Gasteiger partial charge on any atom is -0.481 e. The summed E-state index contributed by atoms with van der Waals surface area (Å²) in [4.78, 5) is 38.2. The number of ether oxygens (including phenoxy) is 1. The third-order valence-corrected chi connectivity index (χ3v) is 5.63. The van der Waals surface area contributed by atoms with Gasteiger partial charge >= 0.3 is 12.1 Å². The summed E-state index contributed by atoms with van der Waals surface area (Å²) in [5.74, 6) is -1.57. The molecule has 2 aromatic carbocycles. The van der Waals surface area contributed by atoms with Crippen LogP contribution < -0.4 is 10.6 Å². The number of aliphatic carboxylic acids is 1. The number of fused-ring (bicyclic) bond motifs is 3. The van der Waals surface area contributed by atoms with Crippen molar-refractivity contribution in [3.63, 3.8) is 0 Å². The maximum Gasteiger partial charge on any atom is 0.407 e. The van der Waals surface area contributed by atoms with Gasteiger partial charge in [-0.2, -0.15) is 0 Å². The Balaban J connectivity index is 1.64. The molecule has 8 heteroatoms. The number of nitrogens with one attached hydrogen (secondary N) is 2. The summed E-state index contributed by atoms with van der Waals surface area (Å²) in [7, 11) is 3.78. The topological polar surface area (TPSA) is 108 Å². The van der Waals surface area contributed by atoms with E-state index in [1.165, 1.54) is 0 Å². The van der Waals surface area contributed by atoms with Gasteiger partial charge in [-0.15, -0.1) is 0 Å². The van der Waals surface area contributed by atoms with E-state index < -0.39 is 24.0 Å². The highest BCUT2D eigenvalue weighted by Crippen LogP contribution is 2.44. The van der Waals surface area contributed by atoms with Crippen LogP contribution in [0.25, 0.3) is 11.1 Å². The molecule has 1 aliphatic carbocycles. The van der Waals surface area contributed by atoms with Gasteiger partial charge in [0.1, 0.15) is 12.6 Å². The number of benzene rings is 2. The van der Waals surface area contributed by atoms with Crippen LogP contribution in [0.4, 0.5) is 4.79 Å². The summed E-state index contributed by atoms with van der Waals surface area (Å²) in [6.07, 6.45) is -1.02. The number of carboxylic acid groups (broad SMARTS) is 1. The second-order valence-corrected chi connectivity index (χ2v) is 8.63. The van der Waals surface area contributed by atoms with Crippen molar-refractivity contribution in [3.8, 4) is 11.1 Å². The molecule has 3 rings (SSSR count). The van der Waals surface area contributed by atoms with Crippen LogP contribution >= 0.6 is 0 Å². The quantitative estimate of drug-likeness (QED) is 0.511. The van der Waals surface area contributed by atoms with E-state index in [1.54, 1.807) is 0 Å². The van der Waals surface area contributed by atoms with Crippen LogP contribution in [0.5, 0.6) is 0 Å². The number of carbonyl (C=O) groups excluding carboxylic acids is 2. The van der Waals surface area contributed by atoms with Crippen molar-refractivity contribution in [2.75, 3.05) is 27.2 Å². The number of alkyl carbamates (subject to hydrolysis) is 1. The van der Waals surface area contributed by atoms with Gasteiger partial charge in [0, 0.05) is 24.9 Å². The zero-order valence-electron chi connectivity index (χ0n) is 19.2. The first-order chi connectivity index (χ1) is 15.8. The van der Waals surface area contributed by atoms with Crippen LogP contribution in [-0.2, 0) is 14.3 Å². The second-order valence-electron chi connectivity index (χ2n) is 8.63. The molecule has 0 bridgehead atoms. The Bertz CT molecular complexity index is 962. The van der Waals surface area contributed by atoms with Gasteiger partial charge < -0.3 is 25.4 Å². The molecule has 0 radical (unpaired) electrons. The van der Waals surface area contributed by atoms with E-state index in [0.717, 1.165) is 22.3 Å². The molecule has 2 aromatic rings. The average Bonchev–Trinajstić information content (AvgIpc) is 3.08. The minimum atomic E-state index is -1.04. The number of rotatable bonds is 10. The molecule has 2 unspecified atom stereocenters. The molecule has 0 saturated heterocycles. The van der Waals surface area contributed by atoms with E-state index in [1.807, 2.05) is 62.3 Å². The second kappa shape index (κ2) is 11.0. The molecule has 0 spiro atoms. The molecule has 0 aliphatic heterocycles. The lowest BCUT2D eigenvalue weighted by Gasteiger charge is -2.23. The molecular formula is C25H31N3O5. The van der Waals surface area contributed by atoms with Crippen molar-refractivity contribution < 1.29 is 24.2 Å². The Morgan fingerprint density at radius 3 is 2.12 bits per heavy atom. The third kappa shape index (κ3) is 6.32. The predicted molar refractivity (Wildman–Crippen MR) is 125 cm³/mol. The van der Waals surface area contributed by atoms with Crippen LogP contribution in [-0.4, -0.2) is 67.3 Å². The van der Waals surface area contributed by atoms with Crippen molar-refractivity contribution >= 4 is 18.0 Å². The first-order valence-electron chi connectivity index (χ1n) is 11.0. The lowest BCUT2D eigenvalue weighted by Crippen LogP contribution is -2.51. The van der Waals surface area contributed by atoms with Gasteiger partial charge in [-0.05, 0) is 49.7 Å². The number of likely N-dealkylation sites (N-methyl/N-ethyl adjacent to an activating group) is 1. The Labute approximate surface area is 193 Å². The Morgan fingerprint density at radius 1 is 1.00 bits per heavy atom. The lowest BCUT2D eigenvalue weighted by molar-refractivity contribution is -0.137. The fourth-order valence-corrected chi connectivity index (χ4v) is 4.26. The summed E-state index contributed by atoms with van der Waals surface area (Å²) in [5, 5.41) is 14.4. The lowest BCUT2D eigenvalue weighted by atomic mass is 9.98. The highest BCUT2D eigenvalue weighted by atomic mass is 16.5. The monoisotopic (exact) mass is 453 g/mol. The van der Waals surface area contributed by atoms with Gasteiger partial charge in [0.05, 0.1) is 0 Å². The highest BCUT2D eigenvalue weighted by Gasteiger charge is 2.30. The fourth-order valence-electron chi connectivity index (χ4n) is 4.26. The number of amides is 2. The molecule has 0 heterocycles. The van der Waals surface area contributed by atoms with Crippen LogP contribution in [0.3, 0.4) is 0 Å². The summed E-state index contributed by atoms with van der Waals surface area (Å²) >= 11 is 0. The molecule has 3 N–H and O–H groups in total. The zero-order valence-corrected chi connectivity index (χ0v) is 19.2. The van der Waals surface area contributed by atoms with Gasteiger partial charge in [-0.3, -0.25) is 9.59 Å². The van der Waals surface area contributed by atoms with Gasteiger partial charge in [-0.1, -0.05) is 48.5 Å². The average molecular weight is 454 g/mol. The zero-order chi connectivity index (χ0) is 24.0. The first kappa shape index (κ1) is 24.3. The minimum absolute atomic E-state index is 0.0277. The SMILES string of the molecule is CC(CN(C)C)NC(=O)C(CCC(=O)O)NC(=O)OCC1c2ccccc2-c2ccccc21. The van der Waals surface area contributed by atoms with Crippen molar-refractivity contribution in [3.05, 3.63) is 59.7 Å². The molecule has 33 heavy (non-hydrogen) atoms. The predicted octanol–water partition coefficient (Wildman–Crippen LogP) is 2.82. The van der Waals surface area contributed by atoms with Crippen molar-refractivity contribution in [2.45, 2.75) is 37.8 Å². The number of hydrogen-bond donors (Lipinski definition) is 3. The number of hydrogen-bond acceptors (Lipinski definition) is 5. The summed E-state index contributed by atoms with van der Waals surface area (Å²) in [6.45, 7) is 2.58. The summed E-state index contributed by atoms with van der Waals surface area (Å²) < 4.78 is 5.51. The maximum absolute atomic E-state index is 12.7. The molecule has 0 saturated carbocycles. The molecule has 2 atom stereocenters. The molecule has 176 valence electrons. The summed E-state index contributed by atoms with van der Waals surface area (Å²) in [5.41, 5.74) is 4.42. The highest BCUT2D eigenvalue weighted by molar-refractivity contribution is 5.86. The molecule has 0 aromatic heterocycles. The smallest absolute Gasteiger partial charge is 0.407 e. The van der Waals surface area contributed by atoms with Gasteiger partial charge in [-0.25, -0.2) is 4.79 Å². The fraction of sp³-hybridized carbons (Fsp3) is 0.400. The Morgan fingerprint density at radius 2 is 1.58 bits per heavy atom. The Kier molecular flexibility index (Phi) is 8.06. The van der Waals surface area contributed by atoms with Crippen LogP contribution in [0.2, 0.25) is 0 Å². The van der Waals surface area contributed by atoms with Gasteiger partial charge in [0.2, 0.25) is 5.91 Å². The van der Waals surface area contributed by atoms with Crippen LogP contribution in [0.1, 0.15) is 36.8 Å². The van der Waals surface area contributed by atoms with Crippen LogP contribution in [0.15, 0.2) is 48.5 Å². The van der Waals surface area contributed by atoms with Crippen molar-refractivity contribution in [1.82, 2.24) is 15.5 Å².